The van der Waals surface area contributed by atoms with Gasteiger partial charge in [0.25, 0.3) is 0 Å². The molecular formula is C41H73O11P. The third kappa shape index (κ3) is 29.8. The molecule has 1 heterocycles. The summed E-state index contributed by atoms with van der Waals surface area (Å²) < 4.78 is 38.3. The molecule has 0 amide bonds. The molecule has 0 aliphatic carbocycles. The van der Waals surface area contributed by atoms with Crippen molar-refractivity contribution in [2.45, 2.75) is 206 Å². The highest BCUT2D eigenvalue weighted by Crippen LogP contribution is 2.44. The molecule has 0 aliphatic heterocycles. The standard InChI is InChI=1S/C41H73O11P/c1-3-5-7-9-11-13-15-17-19-21-23-25-27-29-40(44)49-32-37(34-51-53(46,47)50-33-36-31-38(42)39(43)35-48-36)52-41(45)30-28-26-24-22-20-18-16-14-12-10-8-6-4-2/h31,35,37,43H,3-30,32-34H2,1-2H3,(H,46,47)/t37-/m1/s1. The zero-order valence-electron chi connectivity index (χ0n) is 33.2. The van der Waals surface area contributed by atoms with Crippen molar-refractivity contribution in [3.05, 3.63) is 28.3 Å². The van der Waals surface area contributed by atoms with Gasteiger partial charge in [-0.25, -0.2) is 4.57 Å². The first kappa shape index (κ1) is 48.8. The average molecular weight is 773 g/mol. The van der Waals surface area contributed by atoms with Crippen molar-refractivity contribution in [1.82, 2.24) is 0 Å². The lowest BCUT2D eigenvalue weighted by molar-refractivity contribution is -0.161. The van der Waals surface area contributed by atoms with Crippen LogP contribution in [0.2, 0.25) is 0 Å². The molecule has 0 aromatic carbocycles. The van der Waals surface area contributed by atoms with Gasteiger partial charge in [-0.2, -0.15) is 0 Å². The van der Waals surface area contributed by atoms with Crippen LogP contribution in [0.4, 0.5) is 0 Å². The summed E-state index contributed by atoms with van der Waals surface area (Å²) in [6.07, 6.45) is 31.1. The molecule has 53 heavy (non-hydrogen) atoms. The van der Waals surface area contributed by atoms with Crippen LogP contribution < -0.4 is 5.43 Å². The molecule has 0 saturated carbocycles. The lowest BCUT2D eigenvalue weighted by atomic mass is 10.0. The van der Waals surface area contributed by atoms with Gasteiger partial charge in [-0.3, -0.25) is 23.4 Å². The highest BCUT2D eigenvalue weighted by molar-refractivity contribution is 7.47. The molecule has 0 bridgehead atoms. The third-order valence-corrected chi connectivity index (χ3v) is 10.3. The Morgan fingerprint density at radius 2 is 1.06 bits per heavy atom. The van der Waals surface area contributed by atoms with Gasteiger partial charge in [-0.05, 0) is 12.8 Å². The average Bonchev–Trinajstić information content (AvgIpc) is 3.13. The fourth-order valence-corrected chi connectivity index (χ4v) is 6.79. The summed E-state index contributed by atoms with van der Waals surface area (Å²) in [7, 11) is -4.68. The molecule has 12 heteroatoms. The number of rotatable bonds is 37. The number of carbonyl (C=O) groups excluding carboxylic acids is 2. The summed E-state index contributed by atoms with van der Waals surface area (Å²) in [6, 6.07) is 0.924. The molecule has 1 aromatic rings. The molecule has 2 N–H and O–H groups in total. The Kier molecular flexibility index (Phi) is 30.5. The Labute approximate surface area is 319 Å². The zero-order valence-corrected chi connectivity index (χ0v) is 34.1. The van der Waals surface area contributed by atoms with E-state index in [1.165, 1.54) is 116 Å². The Bertz CT molecular complexity index is 1150. The summed E-state index contributed by atoms with van der Waals surface area (Å²) >= 11 is 0. The molecule has 0 radical (unpaired) electrons. The van der Waals surface area contributed by atoms with Gasteiger partial charge in [-0.1, -0.05) is 168 Å². The molecule has 2 atom stereocenters. The number of hydrogen-bond donors (Lipinski definition) is 2. The van der Waals surface area contributed by atoms with Crippen molar-refractivity contribution < 1.29 is 47.1 Å². The second-order valence-corrected chi connectivity index (χ2v) is 15.9. The molecule has 308 valence electrons. The molecule has 1 unspecified atom stereocenters. The van der Waals surface area contributed by atoms with Crippen molar-refractivity contribution in [2.24, 2.45) is 0 Å². The number of ether oxygens (including phenoxy) is 2. The van der Waals surface area contributed by atoms with Gasteiger partial charge in [0.2, 0.25) is 5.43 Å². The second kappa shape index (κ2) is 33.2. The summed E-state index contributed by atoms with van der Waals surface area (Å²) in [5.41, 5.74) is -0.736. The van der Waals surface area contributed by atoms with Gasteiger partial charge in [0.05, 0.1) is 6.61 Å². The first-order chi connectivity index (χ1) is 25.7. The Morgan fingerprint density at radius 3 is 1.49 bits per heavy atom. The van der Waals surface area contributed by atoms with E-state index in [-0.39, 0.29) is 25.2 Å². The van der Waals surface area contributed by atoms with E-state index in [2.05, 4.69) is 13.8 Å². The van der Waals surface area contributed by atoms with Crippen LogP contribution in [-0.4, -0.2) is 41.3 Å². The summed E-state index contributed by atoms with van der Waals surface area (Å²) in [6.45, 7) is 3.01. The quantitative estimate of drug-likeness (QED) is 0.0376. The fraction of sp³-hybridized carbons (Fsp3) is 0.829. The van der Waals surface area contributed by atoms with Crippen molar-refractivity contribution in [3.8, 4) is 5.75 Å². The lowest BCUT2D eigenvalue weighted by Crippen LogP contribution is -2.29. The van der Waals surface area contributed by atoms with Crippen molar-refractivity contribution >= 4 is 19.8 Å². The number of esters is 2. The topological polar surface area (TPSA) is 159 Å². The number of phosphoric acid groups is 1. The van der Waals surface area contributed by atoms with Crippen LogP contribution in [0.5, 0.6) is 5.75 Å². The first-order valence-electron chi connectivity index (χ1n) is 20.9. The first-order valence-corrected chi connectivity index (χ1v) is 22.4. The van der Waals surface area contributed by atoms with Crippen LogP contribution in [-0.2, 0) is 39.3 Å². The van der Waals surface area contributed by atoms with E-state index >= 15 is 0 Å². The van der Waals surface area contributed by atoms with Gasteiger partial charge < -0.3 is 23.9 Å². The van der Waals surface area contributed by atoms with E-state index in [0.29, 0.717) is 12.8 Å². The number of carbonyl (C=O) groups is 2. The Hall–Kier alpha value is -2.20. The normalized spacial score (nSPS) is 13.1. The highest BCUT2D eigenvalue weighted by atomic mass is 31.2. The Morgan fingerprint density at radius 1 is 0.642 bits per heavy atom. The lowest BCUT2D eigenvalue weighted by Gasteiger charge is -2.20. The molecule has 0 spiro atoms. The maximum Gasteiger partial charge on any atom is 0.472 e. The zero-order chi connectivity index (χ0) is 38.8. The van der Waals surface area contributed by atoms with Gasteiger partial charge in [-0.15, -0.1) is 0 Å². The minimum atomic E-state index is -4.68. The number of phosphoric ester groups is 1. The van der Waals surface area contributed by atoms with E-state index in [9.17, 15) is 28.9 Å². The maximum atomic E-state index is 12.7. The van der Waals surface area contributed by atoms with E-state index < -0.39 is 50.3 Å². The van der Waals surface area contributed by atoms with E-state index in [1.54, 1.807) is 0 Å². The van der Waals surface area contributed by atoms with Crippen LogP contribution in [0.1, 0.15) is 199 Å². The monoisotopic (exact) mass is 772 g/mol. The molecule has 1 rings (SSSR count). The van der Waals surface area contributed by atoms with Crippen molar-refractivity contribution in [2.75, 3.05) is 13.2 Å². The molecule has 11 nitrogen and oxygen atoms in total. The minimum Gasteiger partial charge on any atom is -0.502 e. The summed E-state index contributed by atoms with van der Waals surface area (Å²) in [5.74, 6) is -1.65. The molecular weight excluding hydrogens is 699 g/mol. The van der Waals surface area contributed by atoms with Crippen LogP contribution in [0, 0.1) is 0 Å². The predicted molar refractivity (Wildman–Crippen MR) is 209 cm³/mol. The van der Waals surface area contributed by atoms with Crippen LogP contribution in [0.3, 0.4) is 0 Å². The summed E-state index contributed by atoms with van der Waals surface area (Å²) in [5, 5.41) is 9.32. The van der Waals surface area contributed by atoms with Gasteiger partial charge in [0.15, 0.2) is 11.9 Å². The second-order valence-electron chi connectivity index (χ2n) is 14.4. The smallest absolute Gasteiger partial charge is 0.472 e. The third-order valence-electron chi connectivity index (χ3n) is 9.36. The fourth-order valence-electron chi connectivity index (χ4n) is 6.07. The number of unbranched alkanes of at least 4 members (excludes halogenated alkanes) is 24. The van der Waals surface area contributed by atoms with E-state index in [4.69, 9.17) is 22.9 Å². The SMILES string of the molecule is CCCCCCCCCCCCCCCC(=O)OC[C@H](COP(=O)(O)OCc1cc(=O)c(O)co1)OC(=O)CCCCCCCCCCCCCCC. The van der Waals surface area contributed by atoms with Crippen LogP contribution in [0.15, 0.2) is 21.5 Å². The minimum absolute atomic E-state index is 0.103. The van der Waals surface area contributed by atoms with Gasteiger partial charge in [0.1, 0.15) is 25.2 Å². The molecule has 0 saturated heterocycles. The van der Waals surface area contributed by atoms with Gasteiger partial charge >= 0.3 is 19.8 Å². The van der Waals surface area contributed by atoms with Crippen molar-refractivity contribution in [1.29, 1.82) is 0 Å². The largest absolute Gasteiger partial charge is 0.502 e. The number of hydrogen-bond acceptors (Lipinski definition) is 10. The molecule has 1 aromatic heterocycles. The maximum absolute atomic E-state index is 12.7. The highest BCUT2D eigenvalue weighted by Gasteiger charge is 2.27. The molecule has 0 fully saturated rings. The summed E-state index contributed by atoms with van der Waals surface area (Å²) in [4.78, 5) is 46.9. The van der Waals surface area contributed by atoms with Crippen LogP contribution >= 0.6 is 7.82 Å². The Balaban J connectivity index is 2.39. The number of aromatic hydroxyl groups is 1. The predicted octanol–water partition coefficient (Wildman–Crippen LogP) is 11.4. The van der Waals surface area contributed by atoms with Gasteiger partial charge in [0, 0.05) is 18.9 Å². The molecule has 0 aliphatic rings. The van der Waals surface area contributed by atoms with Crippen LogP contribution in [0.25, 0.3) is 0 Å². The van der Waals surface area contributed by atoms with Crippen molar-refractivity contribution in [3.63, 3.8) is 0 Å². The van der Waals surface area contributed by atoms with E-state index in [0.717, 1.165) is 50.9 Å². The van der Waals surface area contributed by atoms with E-state index in [1.807, 2.05) is 0 Å².